The van der Waals surface area contributed by atoms with Crippen molar-refractivity contribution < 1.29 is 4.79 Å². The summed E-state index contributed by atoms with van der Waals surface area (Å²) in [5, 5.41) is 21.2. The smallest absolute Gasteiger partial charge is 0.329 e. The Morgan fingerprint density at radius 3 is 2.07 bits per heavy atom. The maximum atomic E-state index is 13.1. The standard InChI is InChI=1S/C20H19N7O.C15H16N4.C4H5N3/c1-13-11-14(6-9-21-13)16-4-5-17-19(23-16)27(15-7-10-26(17)12-15)20(28)24-18-3-2-8-22-25-18;1-10-8-11(4-6-16-10)13-2-3-14-15(18-13)17-12-5-7-19(14)9-12;5-4-2-1-3-6-7-4/h2-6,8-9,11,15H,7,10,12H2,1H3,(H,24,25,28);2-4,6,8,12H,5,7,9H2,1H3,(H,17,18);1-3H,(H2,5,7)/t15-;12-;/m00./s1. The van der Waals surface area contributed by atoms with Crippen molar-refractivity contribution in [2.24, 2.45) is 0 Å². The molecular weight excluding hydrogens is 681 g/mol. The third-order valence-corrected chi connectivity index (χ3v) is 9.70. The van der Waals surface area contributed by atoms with Gasteiger partial charge in [-0.2, -0.15) is 10.2 Å². The van der Waals surface area contributed by atoms with E-state index in [9.17, 15) is 4.79 Å². The summed E-state index contributed by atoms with van der Waals surface area (Å²) in [5.74, 6) is 2.60. The van der Waals surface area contributed by atoms with E-state index < -0.39 is 0 Å². The molecular formula is C39H40N14O. The highest BCUT2D eigenvalue weighted by Gasteiger charge is 2.40. The van der Waals surface area contributed by atoms with Crippen LogP contribution in [0.15, 0.2) is 97.6 Å². The second kappa shape index (κ2) is 15.1. The number of amides is 2. The average molecular weight is 721 g/mol. The summed E-state index contributed by atoms with van der Waals surface area (Å²) in [6.45, 7) is 7.95. The molecule has 2 amide bonds. The van der Waals surface area contributed by atoms with Crippen molar-refractivity contribution in [1.82, 2.24) is 40.3 Å². The van der Waals surface area contributed by atoms with Crippen molar-refractivity contribution >= 4 is 40.7 Å². The predicted molar refractivity (Wildman–Crippen MR) is 209 cm³/mol. The first-order valence-corrected chi connectivity index (χ1v) is 17.9. The van der Waals surface area contributed by atoms with Crippen molar-refractivity contribution in [2.45, 2.75) is 38.8 Å². The third-order valence-electron chi connectivity index (χ3n) is 9.70. The van der Waals surface area contributed by atoms with E-state index in [4.69, 9.17) is 15.7 Å². The molecule has 6 aromatic heterocycles. The molecule has 0 saturated carbocycles. The first-order chi connectivity index (χ1) is 26.4. The zero-order valence-corrected chi connectivity index (χ0v) is 30.0. The second-order valence-electron chi connectivity index (χ2n) is 13.5. The van der Waals surface area contributed by atoms with Gasteiger partial charge in [-0.25, -0.2) is 14.8 Å². The molecule has 2 atom stereocenters. The minimum atomic E-state index is -0.233. The van der Waals surface area contributed by atoms with Crippen LogP contribution in [0.4, 0.5) is 39.4 Å². The Labute approximate surface area is 312 Å². The Hall–Kier alpha value is -6.77. The topological polar surface area (TPSA) is 180 Å². The molecule has 272 valence electrons. The largest absolute Gasteiger partial charge is 0.382 e. The van der Waals surface area contributed by atoms with Crippen LogP contribution in [0.1, 0.15) is 24.2 Å². The number of hydrogen-bond acceptors (Lipinski definition) is 13. The number of nitrogens with zero attached hydrogens (tertiary/aromatic N) is 11. The number of rotatable bonds is 3. The lowest BCUT2D eigenvalue weighted by Gasteiger charge is -2.35. The number of aromatic nitrogens is 8. The molecule has 2 fully saturated rings. The number of aryl methyl sites for hydroxylation is 2. The number of carbonyl (C=O) groups excluding carboxylic acids is 1. The number of pyridine rings is 4. The number of hydrogen-bond donors (Lipinski definition) is 3. The van der Waals surface area contributed by atoms with E-state index in [-0.39, 0.29) is 12.1 Å². The minimum absolute atomic E-state index is 0.0890. The summed E-state index contributed by atoms with van der Waals surface area (Å²) in [6.07, 6.45) is 8.89. The van der Waals surface area contributed by atoms with E-state index in [0.717, 1.165) is 78.0 Å². The molecule has 4 aliphatic heterocycles. The van der Waals surface area contributed by atoms with Gasteiger partial charge in [0.2, 0.25) is 0 Å². The number of nitrogen functional groups attached to an aromatic ring is 1. The molecule has 0 aromatic carbocycles. The van der Waals surface area contributed by atoms with Gasteiger partial charge in [0.15, 0.2) is 17.5 Å². The SMILES string of the molecule is Cc1cc(-c2ccc3c(n2)N(C(=O)Nc2cccnn2)[C@H]2CCN3C2)ccn1.Cc1cc(-c2ccc3c(n2)N[C@H]2CCN3C2)ccn1.Nc1cccnn1. The van der Waals surface area contributed by atoms with E-state index in [2.05, 4.69) is 75.1 Å². The molecule has 0 radical (unpaired) electrons. The summed E-state index contributed by atoms with van der Waals surface area (Å²) >= 11 is 0. The van der Waals surface area contributed by atoms with Gasteiger partial charge >= 0.3 is 6.03 Å². The quantitative estimate of drug-likeness (QED) is 0.212. The fourth-order valence-electron chi connectivity index (χ4n) is 7.16. The van der Waals surface area contributed by atoms with Crippen LogP contribution >= 0.6 is 0 Å². The lowest BCUT2D eigenvalue weighted by molar-refractivity contribution is 0.254. The Morgan fingerprint density at radius 2 is 1.43 bits per heavy atom. The van der Waals surface area contributed by atoms with Gasteiger partial charge in [0.05, 0.1) is 28.8 Å². The Bertz CT molecular complexity index is 2260. The molecule has 6 aromatic rings. The highest BCUT2D eigenvalue weighted by atomic mass is 16.2. The van der Waals surface area contributed by atoms with Crippen molar-refractivity contribution in [2.75, 3.05) is 57.2 Å². The molecule has 0 spiro atoms. The molecule has 10 heterocycles. The summed E-state index contributed by atoms with van der Waals surface area (Å²) in [6, 6.07) is 23.7. The minimum Gasteiger partial charge on any atom is -0.382 e. The number of anilines is 6. The molecule has 15 heteroatoms. The fourth-order valence-corrected chi connectivity index (χ4v) is 7.16. The first kappa shape index (κ1) is 34.3. The Balaban J connectivity index is 0.000000136. The molecule has 4 aliphatic rings. The number of carbonyl (C=O) groups is 1. The van der Waals surface area contributed by atoms with Gasteiger partial charge in [0.25, 0.3) is 0 Å². The van der Waals surface area contributed by atoms with Gasteiger partial charge in [-0.05, 0) is 99.5 Å². The number of urea groups is 1. The van der Waals surface area contributed by atoms with E-state index in [1.807, 2.05) is 44.3 Å². The van der Waals surface area contributed by atoms with Gasteiger partial charge < -0.3 is 20.9 Å². The predicted octanol–water partition coefficient (Wildman–Crippen LogP) is 5.39. The molecule has 0 unspecified atom stereocenters. The molecule has 4 bridgehead atoms. The van der Waals surface area contributed by atoms with Crippen LogP contribution in [0, 0.1) is 13.8 Å². The molecule has 54 heavy (non-hydrogen) atoms. The lowest BCUT2D eigenvalue weighted by Crippen LogP contribution is -2.48. The maximum absolute atomic E-state index is 13.1. The number of nitrogens with one attached hydrogen (secondary N) is 2. The molecule has 4 N–H and O–H groups in total. The van der Waals surface area contributed by atoms with Gasteiger partial charge in [0.1, 0.15) is 5.82 Å². The molecule has 2 saturated heterocycles. The molecule has 15 nitrogen and oxygen atoms in total. The maximum Gasteiger partial charge on any atom is 0.329 e. The van der Waals surface area contributed by atoms with Crippen LogP contribution in [0.25, 0.3) is 22.5 Å². The van der Waals surface area contributed by atoms with Gasteiger partial charge in [-0.3, -0.25) is 20.2 Å². The zero-order chi connectivity index (χ0) is 37.0. The van der Waals surface area contributed by atoms with E-state index in [1.165, 1.54) is 12.1 Å². The first-order valence-electron chi connectivity index (χ1n) is 17.9. The van der Waals surface area contributed by atoms with Crippen molar-refractivity contribution in [1.29, 1.82) is 0 Å². The Kier molecular flexibility index (Phi) is 9.58. The third kappa shape index (κ3) is 7.42. The van der Waals surface area contributed by atoms with Crippen LogP contribution in [0.3, 0.4) is 0 Å². The van der Waals surface area contributed by atoms with Gasteiger partial charge in [-0.15, -0.1) is 10.2 Å². The monoisotopic (exact) mass is 720 g/mol. The molecule has 10 rings (SSSR count). The molecule has 0 aliphatic carbocycles. The van der Waals surface area contributed by atoms with Crippen molar-refractivity contribution in [3.63, 3.8) is 0 Å². The van der Waals surface area contributed by atoms with E-state index >= 15 is 0 Å². The average Bonchev–Trinajstić information content (AvgIpc) is 3.80. The summed E-state index contributed by atoms with van der Waals surface area (Å²) in [7, 11) is 0. The summed E-state index contributed by atoms with van der Waals surface area (Å²) in [5.41, 5.74) is 13.3. The van der Waals surface area contributed by atoms with E-state index in [0.29, 0.717) is 23.5 Å². The highest BCUT2D eigenvalue weighted by Crippen LogP contribution is 2.40. The Morgan fingerprint density at radius 1 is 0.759 bits per heavy atom. The second-order valence-corrected chi connectivity index (χ2v) is 13.5. The van der Waals surface area contributed by atoms with Crippen LogP contribution in [-0.2, 0) is 0 Å². The summed E-state index contributed by atoms with van der Waals surface area (Å²) in [4.78, 5) is 37.7. The van der Waals surface area contributed by atoms with Crippen LogP contribution in [0.2, 0.25) is 0 Å². The van der Waals surface area contributed by atoms with E-state index in [1.54, 1.807) is 47.8 Å². The lowest BCUT2D eigenvalue weighted by atomic mass is 10.1. The fraction of sp³-hybridized carbons (Fsp3) is 0.256. The van der Waals surface area contributed by atoms with Crippen LogP contribution < -0.4 is 31.1 Å². The van der Waals surface area contributed by atoms with Crippen molar-refractivity contribution in [3.8, 4) is 22.5 Å². The van der Waals surface area contributed by atoms with Crippen LogP contribution in [-0.4, -0.2) is 84.6 Å². The normalized spacial score (nSPS) is 17.2. The summed E-state index contributed by atoms with van der Waals surface area (Å²) < 4.78 is 0. The van der Waals surface area contributed by atoms with Crippen LogP contribution in [0.5, 0.6) is 0 Å². The van der Waals surface area contributed by atoms with Gasteiger partial charge in [0, 0.05) is 79.5 Å². The van der Waals surface area contributed by atoms with Crippen molar-refractivity contribution in [3.05, 3.63) is 109 Å². The van der Waals surface area contributed by atoms with Gasteiger partial charge in [-0.1, -0.05) is 0 Å². The highest BCUT2D eigenvalue weighted by molar-refractivity contribution is 6.04. The zero-order valence-electron chi connectivity index (χ0n) is 30.0. The number of nitrogens with two attached hydrogens (primary N) is 1. The number of fused-ring (bicyclic) bond motifs is 8.